The zero-order valence-corrected chi connectivity index (χ0v) is 15.9. The summed E-state index contributed by atoms with van der Waals surface area (Å²) in [5.74, 6) is 0.943. The fourth-order valence-corrected chi connectivity index (χ4v) is 4.26. The van der Waals surface area contributed by atoms with Crippen LogP contribution in [0.4, 0.5) is 0 Å². The van der Waals surface area contributed by atoms with Crippen LogP contribution in [0.2, 0.25) is 0 Å². The summed E-state index contributed by atoms with van der Waals surface area (Å²) in [7, 11) is 2.39. The van der Waals surface area contributed by atoms with Gasteiger partial charge in [-0.1, -0.05) is 90.9 Å². The number of hydrogen-bond acceptors (Lipinski definition) is 1. The highest BCUT2D eigenvalue weighted by Crippen LogP contribution is 2.27. The fraction of sp³-hybridized carbons (Fsp3) is 1.00. The monoisotopic (exact) mass is 309 g/mol. The average molecular weight is 310 g/mol. The van der Waals surface area contributed by atoms with Crippen LogP contribution in [0.15, 0.2) is 0 Å². The maximum atomic E-state index is 2.71. The number of unbranched alkanes of at least 4 members (excludes halogenated alkanes) is 6. The minimum Gasteiger partial charge on any atom is -0.303 e. The van der Waals surface area contributed by atoms with Gasteiger partial charge in [-0.3, -0.25) is 0 Å². The molecule has 0 aromatic carbocycles. The first-order valence-corrected chi connectivity index (χ1v) is 10.5. The normalized spacial score (nSPS) is 22.8. The first-order chi connectivity index (χ1) is 10.8. The summed E-state index contributed by atoms with van der Waals surface area (Å²) in [6, 6.07) is 0.864. The lowest BCUT2D eigenvalue weighted by Crippen LogP contribution is -2.38. The zero-order chi connectivity index (χ0) is 16.0. The van der Waals surface area contributed by atoms with Crippen LogP contribution in [0.5, 0.6) is 0 Å². The topological polar surface area (TPSA) is 3.24 Å². The van der Waals surface area contributed by atoms with Crippen LogP contribution in [0.25, 0.3) is 0 Å². The Labute approximate surface area is 141 Å². The van der Waals surface area contributed by atoms with Gasteiger partial charge in [-0.05, 0) is 38.8 Å². The Morgan fingerprint density at radius 1 is 0.818 bits per heavy atom. The van der Waals surface area contributed by atoms with Gasteiger partial charge in [-0.2, -0.15) is 0 Å². The molecular weight excluding hydrogens is 266 g/mol. The smallest absolute Gasteiger partial charge is 0.0120 e. The lowest BCUT2D eigenvalue weighted by atomic mass is 9.87. The van der Waals surface area contributed by atoms with Gasteiger partial charge in [0.25, 0.3) is 0 Å². The van der Waals surface area contributed by atoms with Crippen molar-refractivity contribution in [2.75, 3.05) is 13.6 Å². The van der Waals surface area contributed by atoms with Crippen molar-refractivity contribution in [1.29, 1.82) is 0 Å². The Kier molecular flexibility index (Phi) is 12.2. The van der Waals surface area contributed by atoms with Gasteiger partial charge >= 0.3 is 0 Å². The maximum absolute atomic E-state index is 2.71. The van der Waals surface area contributed by atoms with Gasteiger partial charge in [0.2, 0.25) is 0 Å². The summed E-state index contributed by atoms with van der Waals surface area (Å²) in [5, 5.41) is 0. The SMILES string of the molecule is CCCCCCCCCC(CC)C1CCCCCCCN1C. The molecule has 0 aliphatic carbocycles. The van der Waals surface area contributed by atoms with E-state index < -0.39 is 0 Å². The second kappa shape index (κ2) is 13.4. The Morgan fingerprint density at radius 3 is 2.18 bits per heavy atom. The van der Waals surface area contributed by atoms with Crippen LogP contribution in [0, 0.1) is 5.92 Å². The maximum Gasteiger partial charge on any atom is 0.0120 e. The molecule has 0 bridgehead atoms. The molecule has 0 N–H and O–H groups in total. The van der Waals surface area contributed by atoms with E-state index in [0.717, 1.165) is 12.0 Å². The molecule has 1 aliphatic heterocycles. The molecule has 1 saturated heterocycles. The Hall–Kier alpha value is -0.0400. The van der Waals surface area contributed by atoms with Crippen LogP contribution < -0.4 is 0 Å². The molecular formula is C21H43N. The predicted molar refractivity (Wildman–Crippen MR) is 101 cm³/mol. The van der Waals surface area contributed by atoms with Gasteiger partial charge in [0.05, 0.1) is 0 Å². The van der Waals surface area contributed by atoms with E-state index in [4.69, 9.17) is 0 Å². The molecule has 0 saturated carbocycles. The fourth-order valence-electron chi connectivity index (χ4n) is 4.26. The highest BCUT2D eigenvalue weighted by atomic mass is 15.1. The van der Waals surface area contributed by atoms with Crippen molar-refractivity contribution < 1.29 is 0 Å². The van der Waals surface area contributed by atoms with Crippen molar-refractivity contribution in [3.63, 3.8) is 0 Å². The molecule has 0 radical (unpaired) electrons. The molecule has 0 amide bonds. The molecule has 2 atom stereocenters. The lowest BCUT2D eigenvalue weighted by Gasteiger charge is -2.34. The van der Waals surface area contributed by atoms with Crippen LogP contribution in [-0.2, 0) is 0 Å². The van der Waals surface area contributed by atoms with Crippen molar-refractivity contribution in [1.82, 2.24) is 4.90 Å². The van der Waals surface area contributed by atoms with Crippen LogP contribution >= 0.6 is 0 Å². The first kappa shape index (κ1) is 20.0. The molecule has 1 heteroatoms. The van der Waals surface area contributed by atoms with E-state index in [1.54, 1.807) is 0 Å². The number of hydrogen-bond donors (Lipinski definition) is 0. The summed E-state index contributed by atoms with van der Waals surface area (Å²) >= 11 is 0. The van der Waals surface area contributed by atoms with Gasteiger partial charge in [0, 0.05) is 6.04 Å². The highest BCUT2D eigenvalue weighted by molar-refractivity contribution is 4.78. The van der Waals surface area contributed by atoms with E-state index in [-0.39, 0.29) is 0 Å². The predicted octanol–water partition coefficient (Wildman–Crippen LogP) is 6.81. The van der Waals surface area contributed by atoms with E-state index in [9.17, 15) is 0 Å². The molecule has 2 unspecified atom stereocenters. The average Bonchev–Trinajstić information content (AvgIpc) is 2.63. The van der Waals surface area contributed by atoms with Gasteiger partial charge in [0.1, 0.15) is 0 Å². The lowest BCUT2D eigenvalue weighted by molar-refractivity contribution is 0.150. The van der Waals surface area contributed by atoms with Crippen LogP contribution in [0.1, 0.15) is 110 Å². The summed E-state index contributed by atoms with van der Waals surface area (Å²) in [6.07, 6.45) is 21.7. The third kappa shape index (κ3) is 8.56. The summed E-state index contributed by atoms with van der Waals surface area (Å²) in [5.41, 5.74) is 0. The molecule has 0 spiro atoms. The molecule has 1 nitrogen and oxygen atoms in total. The number of nitrogens with zero attached hydrogens (tertiary/aromatic N) is 1. The summed E-state index contributed by atoms with van der Waals surface area (Å²) < 4.78 is 0. The van der Waals surface area contributed by atoms with Crippen LogP contribution in [-0.4, -0.2) is 24.5 Å². The van der Waals surface area contributed by atoms with Gasteiger partial charge in [-0.15, -0.1) is 0 Å². The quantitative estimate of drug-likeness (QED) is 0.401. The van der Waals surface area contributed by atoms with Crippen molar-refractivity contribution in [3.8, 4) is 0 Å². The van der Waals surface area contributed by atoms with Gasteiger partial charge in [0.15, 0.2) is 0 Å². The molecule has 1 fully saturated rings. The summed E-state index contributed by atoms with van der Waals surface area (Å²) in [6.45, 7) is 6.06. The zero-order valence-electron chi connectivity index (χ0n) is 15.9. The Morgan fingerprint density at radius 2 is 1.45 bits per heavy atom. The van der Waals surface area contributed by atoms with Crippen molar-refractivity contribution in [3.05, 3.63) is 0 Å². The molecule has 22 heavy (non-hydrogen) atoms. The van der Waals surface area contributed by atoms with Gasteiger partial charge in [-0.25, -0.2) is 0 Å². The van der Waals surface area contributed by atoms with Crippen molar-refractivity contribution in [2.24, 2.45) is 5.92 Å². The molecule has 1 rings (SSSR count). The standard InChI is InChI=1S/C21H43N/c1-4-6-7-8-9-11-14-17-20(5-2)21-18-15-12-10-13-16-19-22(21)3/h20-21H,4-19H2,1-3H3. The van der Waals surface area contributed by atoms with E-state index in [1.807, 2.05) is 0 Å². The number of rotatable bonds is 10. The van der Waals surface area contributed by atoms with Crippen molar-refractivity contribution in [2.45, 2.75) is 116 Å². The molecule has 0 aromatic heterocycles. The molecule has 1 heterocycles. The van der Waals surface area contributed by atoms with Gasteiger partial charge < -0.3 is 4.90 Å². The summed E-state index contributed by atoms with van der Waals surface area (Å²) in [4.78, 5) is 2.71. The minimum absolute atomic E-state index is 0.864. The Balaban J connectivity index is 2.27. The van der Waals surface area contributed by atoms with E-state index in [0.29, 0.717) is 0 Å². The largest absolute Gasteiger partial charge is 0.303 e. The van der Waals surface area contributed by atoms with E-state index in [1.165, 1.54) is 103 Å². The second-order valence-electron chi connectivity index (χ2n) is 7.68. The molecule has 132 valence electrons. The van der Waals surface area contributed by atoms with Crippen LogP contribution in [0.3, 0.4) is 0 Å². The third-order valence-electron chi connectivity index (χ3n) is 5.82. The third-order valence-corrected chi connectivity index (χ3v) is 5.82. The first-order valence-electron chi connectivity index (χ1n) is 10.5. The molecule has 0 aromatic rings. The highest BCUT2D eigenvalue weighted by Gasteiger charge is 2.23. The Bertz CT molecular complexity index is 238. The van der Waals surface area contributed by atoms with Crippen molar-refractivity contribution >= 4 is 0 Å². The second-order valence-corrected chi connectivity index (χ2v) is 7.68. The van der Waals surface area contributed by atoms with E-state index >= 15 is 0 Å². The minimum atomic E-state index is 0.864. The molecule has 1 aliphatic rings. The van der Waals surface area contributed by atoms with E-state index in [2.05, 4.69) is 25.8 Å².